The van der Waals surface area contributed by atoms with Crippen molar-refractivity contribution in [3.05, 3.63) is 184 Å². The molecule has 17 nitrogen and oxygen atoms in total. The summed E-state index contributed by atoms with van der Waals surface area (Å²) in [5, 5.41) is 7.26. The molecule has 0 spiro atoms. The summed E-state index contributed by atoms with van der Waals surface area (Å²) in [6.45, 7) is 5.44. The van der Waals surface area contributed by atoms with Gasteiger partial charge in [0.25, 0.3) is 11.8 Å². The number of hydrogen-bond acceptors (Lipinski definition) is 11. The standard InChI is InChI=1S/C35H32FN5O4S.C33H25ClF2N4O4S/c1-19(2)26-11-10-21(18-38-26)34-32(35(42)37-3)24-15-23(29(17-31(24)45-34)40(4)46(5,43)44)27-12-9-20-13-14-41-28-8-6-7-25(36)22(28)16-30(41)33(20)39-27;1-37-33(41)30-22-14-21(25-10-7-17-11-12-40-26-6-4-5-24(36)20(26)15-28(40)31(17)38-25)27(39(2)45(3,42)43)16-29(22)44-32(30)19-9-8-18(35)13-23(19)34/h6-12,15-19H,13-14H2,1-5H3,(H,37,42);4-10,13-16H,11-12H2,1-3H3,(H,37,41). The second-order valence-electron chi connectivity index (χ2n) is 22.8. The van der Waals surface area contributed by atoms with Gasteiger partial charge >= 0.3 is 0 Å². The minimum absolute atomic E-state index is 0.0380. The summed E-state index contributed by atoms with van der Waals surface area (Å²) in [6, 6.07) is 35.3. The molecule has 7 aromatic heterocycles. The number of aryl methyl sites for hydroxylation is 4. The van der Waals surface area contributed by atoms with E-state index in [1.807, 2.05) is 66.9 Å². The molecule has 14 rings (SSSR count). The van der Waals surface area contributed by atoms with Crippen LogP contribution in [0.25, 0.3) is 112 Å². The quantitative estimate of drug-likeness (QED) is 0.124. The van der Waals surface area contributed by atoms with Crippen LogP contribution in [0.3, 0.4) is 0 Å². The van der Waals surface area contributed by atoms with E-state index >= 15 is 0 Å². The van der Waals surface area contributed by atoms with Gasteiger partial charge in [-0.05, 0) is 121 Å². The van der Waals surface area contributed by atoms with E-state index in [0.717, 1.165) is 62.1 Å². The number of hydrogen-bond donors (Lipinski definition) is 2. The van der Waals surface area contributed by atoms with Crippen LogP contribution in [0.15, 0.2) is 142 Å². The van der Waals surface area contributed by atoms with Gasteiger partial charge in [0.1, 0.15) is 40.1 Å². The molecule has 0 atom stereocenters. The maximum atomic E-state index is 14.8. The first-order chi connectivity index (χ1) is 43.4. The van der Waals surface area contributed by atoms with Crippen molar-refractivity contribution in [1.82, 2.24) is 34.7 Å². The van der Waals surface area contributed by atoms with Gasteiger partial charge in [-0.1, -0.05) is 49.7 Å². The lowest BCUT2D eigenvalue weighted by atomic mass is 9.98. The van der Waals surface area contributed by atoms with Gasteiger partial charge in [0, 0.05) is 109 Å². The molecule has 0 unspecified atom stereocenters. The Labute approximate surface area is 525 Å². The third kappa shape index (κ3) is 10.4. The van der Waals surface area contributed by atoms with E-state index in [-0.39, 0.29) is 51.1 Å². The van der Waals surface area contributed by atoms with Crippen molar-refractivity contribution < 1.29 is 48.4 Å². The van der Waals surface area contributed by atoms with E-state index in [1.165, 1.54) is 55.8 Å². The average Bonchev–Trinajstić information content (AvgIpc) is 1.69. The third-order valence-corrected chi connectivity index (χ3v) is 19.7. The van der Waals surface area contributed by atoms with Crippen LogP contribution in [0.5, 0.6) is 0 Å². The van der Waals surface area contributed by atoms with E-state index in [9.17, 15) is 39.6 Å². The molecule has 0 radical (unpaired) electrons. The predicted molar refractivity (Wildman–Crippen MR) is 349 cm³/mol. The van der Waals surface area contributed by atoms with Crippen LogP contribution in [0.2, 0.25) is 5.02 Å². The number of rotatable bonds is 11. The van der Waals surface area contributed by atoms with Crippen LogP contribution in [0.4, 0.5) is 24.5 Å². The fraction of sp³-hybridized carbons (Fsp3) is 0.191. The zero-order valence-corrected chi connectivity index (χ0v) is 52.7. The number of anilines is 2. The zero-order valence-electron chi connectivity index (χ0n) is 50.3. The third-order valence-electron chi connectivity index (χ3n) is 17.0. The Morgan fingerprint density at radius 1 is 0.593 bits per heavy atom. The Bertz CT molecular complexity index is 5290. The van der Waals surface area contributed by atoms with Crippen LogP contribution in [-0.4, -0.2) is 93.4 Å². The van der Waals surface area contributed by atoms with Crippen LogP contribution in [-0.2, 0) is 46.0 Å². The van der Waals surface area contributed by atoms with Crippen molar-refractivity contribution in [3.8, 4) is 67.9 Å². The van der Waals surface area contributed by atoms with Crippen molar-refractivity contribution in [1.29, 1.82) is 0 Å². The number of sulfonamides is 2. The number of benzene rings is 5. The first-order valence-corrected chi connectivity index (χ1v) is 33.0. The molecule has 2 aliphatic heterocycles. The average molecular weight is 1280 g/mol. The fourth-order valence-corrected chi connectivity index (χ4v) is 13.4. The number of carbonyl (C=O) groups is 2. The lowest BCUT2D eigenvalue weighted by molar-refractivity contribution is 0.0956. The van der Waals surface area contributed by atoms with Crippen LogP contribution in [0, 0.1) is 17.5 Å². The van der Waals surface area contributed by atoms with Gasteiger partial charge in [0.05, 0.1) is 85.2 Å². The number of nitrogens with one attached hydrogen (secondary N) is 2. The van der Waals surface area contributed by atoms with Gasteiger partial charge in [-0.15, -0.1) is 0 Å². The number of pyridine rings is 3. The van der Waals surface area contributed by atoms with Crippen molar-refractivity contribution in [3.63, 3.8) is 0 Å². The molecule has 23 heteroatoms. The SMILES string of the molecule is CNC(=O)c1c(-c2ccc(C(C)C)nc2)oc2cc(N(C)S(C)(=O)=O)c(-c3ccc4c(n3)-c3cc5c(F)cccc5n3CC4)cc12.CNC(=O)c1c(-c2ccc(F)cc2Cl)oc2cc(N(C)S(C)(=O)=O)c(-c3ccc4c(n3)-c3cc5c(F)cccc5n3CC4)cc12. The number of carbonyl (C=O) groups excluding carboxylic acids is 2. The van der Waals surface area contributed by atoms with Crippen molar-refractivity contribution >= 4 is 98.6 Å². The smallest absolute Gasteiger partial charge is 0.255 e. The molecule has 12 aromatic rings. The predicted octanol–water partition coefficient (Wildman–Crippen LogP) is 13.8. The van der Waals surface area contributed by atoms with E-state index in [0.29, 0.717) is 115 Å². The van der Waals surface area contributed by atoms with Gasteiger partial charge in [0.2, 0.25) is 20.0 Å². The summed E-state index contributed by atoms with van der Waals surface area (Å²) >= 11 is 6.37. The molecule has 0 saturated carbocycles. The van der Waals surface area contributed by atoms with E-state index in [4.69, 9.17) is 30.4 Å². The molecule has 9 heterocycles. The zero-order chi connectivity index (χ0) is 64.3. The highest BCUT2D eigenvalue weighted by Gasteiger charge is 2.32. The van der Waals surface area contributed by atoms with Gasteiger partial charge in [-0.3, -0.25) is 23.2 Å². The maximum Gasteiger partial charge on any atom is 0.255 e. The molecule has 5 aromatic carbocycles. The Morgan fingerprint density at radius 3 is 1.52 bits per heavy atom. The van der Waals surface area contributed by atoms with E-state index < -0.39 is 31.8 Å². The number of nitrogens with zero attached hydrogens (tertiary/aromatic N) is 7. The molecule has 91 heavy (non-hydrogen) atoms. The molecule has 0 fully saturated rings. The summed E-state index contributed by atoms with van der Waals surface area (Å²) < 4.78 is 114. The number of amides is 2. The molecule has 2 aliphatic rings. The molecule has 2 amide bonds. The Kier molecular flexibility index (Phi) is 14.9. The Morgan fingerprint density at radius 2 is 1.08 bits per heavy atom. The molecule has 0 bridgehead atoms. The fourth-order valence-electron chi connectivity index (χ4n) is 12.2. The number of furan rings is 2. The Hall–Kier alpha value is -9.77. The van der Waals surface area contributed by atoms with E-state index in [2.05, 4.69) is 20.2 Å². The van der Waals surface area contributed by atoms with E-state index in [1.54, 1.807) is 55.7 Å². The molecule has 0 aliphatic carbocycles. The molecule has 462 valence electrons. The number of fused-ring (bicyclic) bond motifs is 12. The van der Waals surface area contributed by atoms with Gasteiger partial charge in [-0.2, -0.15) is 0 Å². The summed E-state index contributed by atoms with van der Waals surface area (Å²) in [4.78, 5) is 41.3. The normalized spacial score (nSPS) is 12.8. The molecular weight excluding hydrogens is 1230 g/mol. The monoisotopic (exact) mass is 1280 g/mol. The van der Waals surface area contributed by atoms with Crippen molar-refractivity contribution in [2.75, 3.05) is 49.3 Å². The molecular formula is C68H57ClF3N9O8S2. The first kappa shape index (κ1) is 60.2. The summed E-state index contributed by atoms with van der Waals surface area (Å²) in [7, 11) is -1.56. The highest BCUT2D eigenvalue weighted by atomic mass is 35.5. The maximum absolute atomic E-state index is 14.8. The lowest BCUT2D eigenvalue weighted by Gasteiger charge is -2.23. The van der Waals surface area contributed by atoms with Crippen molar-refractivity contribution in [2.24, 2.45) is 0 Å². The van der Waals surface area contributed by atoms with Gasteiger partial charge < -0.3 is 28.6 Å². The van der Waals surface area contributed by atoms with Crippen LogP contribution < -0.4 is 19.2 Å². The highest BCUT2D eigenvalue weighted by molar-refractivity contribution is 7.92. The minimum atomic E-state index is -3.76. The second kappa shape index (κ2) is 22.6. The largest absolute Gasteiger partial charge is 0.455 e. The number of halogens is 4. The van der Waals surface area contributed by atoms with Gasteiger partial charge in [-0.25, -0.2) is 40.0 Å². The summed E-state index contributed by atoms with van der Waals surface area (Å²) in [5.74, 6) is -1.37. The lowest BCUT2D eigenvalue weighted by Crippen LogP contribution is -2.25. The summed E-state index contributed by atoms with van der Waals surface area (Å²) in [5.41, 5.74) is 11.7. The topological polar surface area (TPSA) is 208 Å². The van der Waals surface area contributed by atoms with Crippen molar-refractivity contribution in [2.45, 2.75) is 45.7 Å². The van der Waals surface area contributed by atoms with Crippen LogP contribution in [0.1, 0.15) is 57.3 Å². The van der Waals surface area contributed by atoms with Gasteiger partial charge in [0.15, 0.2) is 0 Å². The minimum Gasteiger partial charge on any atom is -0.455 e. The first-order valence-electron chi connectivity index (χ1n) is 28.9. The van der Waals surface area contributed by atoms with Crippen LogP contribution >= 0.6 is 11.6 Å². The summed E-state index contributed by atoms with van der Waals surface area (Å²) in [6.07, 6.45) is 5.27. The highest BCUT2D eigenvalue weighted by Crippen LogP contribution is 2.46. The Balaban J connectivity index is 0.000000167. The molecule has 0 saturated heterocycles. The second-order valence-corrected chi connectivity index (χ2v) is 27.3. The molecule has 2 N–H and O–H groups in total. The number of aromatic nitrogens is 5.